The van der Waals surface area contributed by atoms with Crippen molar-refractivity contribution in [2.45, 2.75) is 66.7 Å². The Morgan fingerprint density at radius 3 is 1.64 bits per heavy atom. The molecule has 0 heterocycles. The molecule has 2 rings (SSSR count). The van der Waals surface area contributed by atoms with Gasteiger partial charge in [0.05, 0.1) is 0 Å². The topological polar surface area (TPSA) is 0 Å². The first-order valence-electron chi connectivity index (χ1n) is 6.57. The standard InChI is InChI=1S/C12H22.C2H6/c1-12(2,3)11-7-9-5-4-6-10(9)8-11;1-2/h9-11H,4-8H2,1-3H3;1-2H3. The van der Waals surface area contributed by atoms with Crippen LogP contribution >= 0.6 is 0 Å². The molecule has 2 aliphatic rings. The highest BCUT2D eigenvalue weighted by molar-refractivity contribution is 4.91. The van der Waals surface area contributed by atoms with Crippen LogP contribution in [0.25, 0.3) is 0 Å². The highest BCUT2D eigenvalue weighted by Crippen LogP contribution is 2.51. The molecule has 0 spiro atoms. The minimum absolute atomic E-state index is 0.574. The molecule has 2 fully saturated rings. The fourth-order valence-electron chi connectivity index (χ4n) is 3.27. The third kappa shape index (κ3) is 2.52. The van der Waals surface area contributed by atoms with Gasteiger partial charge in [0.15, 0.2) is 0 Å². The van der Waals surface area contributed by atoms with Crippen molar-refractivity contribution < 1.29 is 0 Å². The van der Waals surface area contributed by atoms with Crippen LogP contribution < -0.4 is 0 Å². The van der Waals surface area contributed by atoms with E-state index in [1.165, 1.54) is 32.1 Å². The third-order valence-electron chi connectivity index (χ3n) is 4.22. The van der Waals surface area contributed by atoms with E-state index < -0.39 is 0 Å². The maximum absolute atomic E-state index is 2.42. The molecule has 0 amide bonds. The van der Waals surface area contributed by atoms with Gasteiger partial charge >= 0.3 is 0 Å². The van der Waals surface area contributed by atoms with Crippen molar-refractivity contribution in [2.24, 2.45) is 23.2 Å². The van der Waals surface area contributed by atoms with Crippen LogP contribution in [0.4, 0.5) is 0 Å². The predicted molar refractivity (Wildman–Crippen MR) is 64.4 cm³/mol. The Bertz CT molecular complexity index is 151. The lowest BCUT2D eigenvalue weighted by molar-refractivity contribution is 0.232. The molecule has 2 atom stereocenters. The number of rotatable bonds is 0. The second kappa shape index (κ2) is 4.68. The van der Waals surface area contributed by atoms with Gasteiger partial charge in [0.2, 0.25) is 0 Å². The van der Waals surface area contributed by atoms with Gasteiger partial charge in [-0.2, -0.15) is 0 Å². The van der Waals surface area contributed by atoms with Crippen LogP contribution in [-0.2, 0) is 0 Å². The molecule has 0 aromatic rings. The van der Waals surface area contributed by atoms with Gasteiger partial charge in [0.1, 0.15) is 0 Å². The van der Waals surface area contributed by atoms with Crippen LogP contribution in [0.3, 0.4) is 0 Å². The molecule has 0 aliphatic heterocycles. The zero-order chi connectivity index (χ0) is 10.8. The Labute approximate surface area is 90.5 Å². The fourth-order valence-corrected chi connectivity index (χ4v) is 3.27. The minimum atomic E-state index is 0.574. The third-order valence-corrected chi connectivity index (χ3v) is 4.22. The highest BCUT2D eigenvalue weighted by Gasteiger charge is 2.41. The SMILES string of the molecule is CC.CC(C)(C)C1CC2CCCC2C1. The molecule has 2 saturated carbocycles. The quantitative estimate of drug-likeness (QED) is 0.518. The smallest absolute Gasteiger partial charge is 0.0354 e. The van der Waals surface area contributed by atoms with Gasteiger partial charge < -0.3 is 0 Å². The van der Waals surface area contributed by atoms with Gasteiger partial charge in [0.25, 0.3) is 0 Å². The molecule has 2 unspecified atom stereocenters. The molecule has 0 heteroatoms. The van der Waals surface area contributed by atoms with Crippen molar-refractivity contribution in [1.29, 1.82) is 0 Å². The summed E-state index contributed by atoms with van der Waals surface area (Å²) in [6.45, 7) is 11.2. The van der Waals surface area contributed by atoms with Gasteiger partial charge in [-0.25, -0.2) is 0 Å². The highest BCUT2D eigenvalue weighted by atomic mass is 14.5. The van der Waals surface area contributed by atoms with E-state index in [0.717, 1.165) is 17.8 Å². The summed E-state index contributed by atoms with van der Waals surface area (Å²) in [5, 5.41) is 0. The van der Waals surface area contributed by atoms with Crippen molar-refractivity contribution in [2.75, 3.05) is 0 Å². The first-order chi connectivity index (χ1) is 6.57. The molecule has 0 saturated heterocycles. The summed E-state index contributed by atoms with van der Waals surface area (Å²) >= 11 is 0. The van der Waals surface area contributed by atoms with Gasteiger partial charge in [-0.15, -0.1) is 0 Å². The lowest BCUT2D eigenvalue weighted by atomic mass is 9.78. The largest absolute Gasteiger partial charge is 0.0683 e. The average Bonchev–Trinajstić information content (AvgIpc) is 2.63. The fraction of sp³-hybridized carbons (Fsp3) is 1.00. The summed E-state index contributed by atoms with van der Waals surface area (Å²) in [5.74, 6) is 3.26. The van der Waals surface area contributed by atoms with E-state index in [1.54, 1.807) is 0 Å². The molecule has 0 aromatic carbocycles. The molecular formula is C14H28. The number of hydrogen-bond donors (Lipinski definition) is 0. The van der Waals surface area contributed by atoms with E-state index in [-0.39, 0.29) is 0 Å². The zero-order valence-electron chi connectivity index (χ0n) is 10.8. The molecule has 84 valence electrons. The molecule has 0 N–H and O–H groups in total. The number of hydrogen-bond acceptors (Lipinski definition) is 0. The zero-order valence-corrected chi connectivity index (χ0v) is 10.8. The summed E-state index contributed by atoms with van der Waals surface area (Å²) in [5.41, 5.74) is 0.574. The van der Waals surface area contributed by atoms with Gasteiger partial charge in [-0.3, -0.25) is 0 Å². The summed E-state index contributed by atoms with van der Waals surface area (Å²) in [6.07, 6.45) is 7.67. The van der Waals surface area contributed by atoms with E-state index in [9.17, 15) is 0 Å². The lowest BCUT2D eigenvalue weighted by Crippen LogP contribution is -2.17. The van der Waals surface area contributed by atoms with E-state index >= 15 is 0 Å². The summed E-state index contributed by atoms with van der Waals surface area (Å²) in [4.78, 5) is 0. The Morgan fingerprint density at radius 2 is 1.29 bits per heavy atom. The molecule has 14 heavy (non-hydrogen) atoms. The summed E-state index contributed by atoms with van der Waals surface area (Å²) in [7, 11) is 0. The lowest BCUT2D eigenvalue weighted by Gasteiger charge is -2.27. The molecule has 2 aliphatic carbocycles. The van der Waals surface area contributed by atoms with E-state index in [4.69, 9.17) is 0 Å². The maximum atomic E-state index is 2.42. The van der Waals surface area contributed by atoms with E-state index in [1.807, 2.05) is 13.8 Å². The van der Waals surface area contributed by atoms with Gasteiger partial charge in [-0.05, 0) is 36.0 Å². The maximum Gasteiger partial charge on any atom is -0.0354 e. The Kier molecular flexibility index (Phi) is 4.04. The Morgan fingerprint density at radius 1 is 0.857 bits per heavy atom. The normalized spacial score (nSPS) is 36.2. The van der Waals surface area contributed by atoms with Crippen molar-refractivity contribution in [3.05, 3.63) is 0 Å². The van der Waals surface area contributed by atoms with Crippen molar-refractivity contribution in [3.8, 4) is 0 Å². The van der Waals surface area contributed by atoms with Crippen LogP contribution in [0.1, 0.15) is 66.7 Å². The van der Waals surface area contributed by atoms with Crippen LogP contribution in [0.5, 0.6) is 0 Å². The van der Waals surface area contributed by atoms with Gasteiger partial charge in [0, 0.05) is 0 Å². The van der Waals surface area contributed by atoms with Crippen LogP contribution in [-0.4, -0.2) is 0 Å². The first kappa shape index (κ1) is 12.1. The molecule has 0 aromatic heterocycles. The van der Waals surface area contributed by atoms with Gasteiger partial charge in [-0.1, -0.05) is 53.9 Å². The second-order valence-electron chi connectivity index (χ2n) is 5.99. The monoisotopic (exact) mass is 196 g/mol. The van der Waals surface area contributed by atoms with Crippen LogP contribution in [0.2, 0.25) is 0 Å². The summed E-state index contributed by atoms with van der Waals surface area (Å²) in [6, 6.07) is 0. The average molecular weight is 196 g/mol. The predicted octanol–water partition coefficient (Wildman–Crippen LogP) is 4.89. The van der Waals surface area contributed by atoms with Crippen LogP contribution in [0, 0.1) is 23.2 Å². The molecule has 0 nitrogen and oxygen atoms in total. The molecular weight excluding hydrogens is 168 g/mol. The Hall–Kier alpha value is 0. The van der Waals surface area contributed by atoms with E-state index in [2.05, 4.69) is 20.8 Å². The second-order valence-corrected chi connectivity index (χ2v) is 5.99. The Balaban J connectivity index is 0.000000461. The van der Waals surface area contributed by atoms with Crippen molar-refractivity contribution in [3.63, 3.8) is 0 Å². The number of fused-ring (bicyclic) bond motifs is 1. The van der Waals surface area contributed by atoms with E-state index in [0.29, 0.717) is 5.41 Å². The molecule has 0 bridgehead atoms. The van der Waals surface area contributed by atoms with Crippen LogP contribution in [0.15, 0.2) is 0 Å². The molecule has 0 radical (unpaired) electrons. The summed E-state index contributed by atoms with van der Waals surface area (Å²) < 4.78 is 0. The van der Waals surface area contributed by atoms with Crippen molar-refractivity contribution in [1.82, 2.24) is 0 Å². The minimum Gasteiger partial charge on any atom is -0.0683 e. The van der Waals surface area contributed by atoms with Crippen molar-refractivity contribution >= 4 is 0 Å². The first-order valence-corrected chi connectivity index (χ1v) is 6.57.